The second-order valence-electron chi connectivity index (χ2n) is 6.06. The van der Waals surface area contributed by atoms with Gasteiger partial charge in [0.1, 0.15) is 5.60 Å². The Hall–Kier alpha value is -2.29. The van der Waals surface area contributed by atoms with Crippen LogP contribution in [0.5, 0.6) is 0 Å². The number of hydrogen-bond donors (Lipinski definition) is 1. The highest BCUT2D eigenvalue weighted by Gasteiger charge is 2.31. The molecule has 0 radical (unpaired) electrons. The summed E-state index contributed by atoms with van der Waals surface area (Å²) in [7, 11) is 0. The van der Waals surface area contributed by atoms with Crippen molar-refractivity contribution in [2.75, 3.05) is 0 Å². The third-order valence-corrected chi connectivity index (χ3v) is 3.10. The molecule has 2 rings (SSSR count). The van der Waals surface area contributed by atoms with E-state index in [4.69, 9.17) is 20.9 Å². The van der Waals surface area contributed by atoms with E-state index in [-0.39, 0.29) is 28.8 Å². The van der Waals surface area contributed by atoms with Crippen molar-refractivity contribution in [3.63, 3.8) is 0 Å². The molecule has 1 amide bonds. The van der Waals surface area contributed by atoms with Crippen LogP contribution in [0, 0.1) is 0 Å². The van der Waals surface area contributed by atoms with E-state index in [0.717, 1.165) is 18.2 Å². The van der Waals surface area contributed by atoms with Crippen LogP contribution in [0.2, 0.25) is 5.02 Å². The van der Waals surface area contributed by atoms with E-state index in [1.165, 1.54) is 0 Å². The fourth-order valence-corrected chi connectivity index (χ4v) is 2.03. The van der Waals surface area contributed by atoms with Gasteiger partial charge in [-0.25, -0.2) is 4.79 Å². The van der Waals surface area contributed by atoms with E-state index in [2.05, 4.69) is 15.5 Å². The first-order chi connectivity index (χ1) is 11.5. The summed E-state index contributed by atoms with van der Waals surface area (Å²) in [5.41, 5.74) is -1.38. The van der Waals surface area contributed by atoms with Crippen LogP contribution in [0.4, 0.5) is 18.0 Å². The van der Waals surface area contributed by atoms with E-state index in [0.29, 0.717) is 0 Å². The molecule has 1 aromatic carbocycles. The summed E-state index contributed by atoms with van der Waals surface area (Å²) in [5, 5.41) is 5.90. The molecule has 0 saturated carbocycles. The zero-order chi connectivity index (χ0) is 18.8. The number of alkyl carbamates (subject to hydrolysis) is 1. The van der Waals surface area contributed by atoms with Gasteiger partial charge in [0.2, 0.25) is 0 Å². The molecule has 6 nitrogen and oxygen atoms in total. The fourth-order valence-electron chi connectivity index (χ4n) is 1.77. The Morgan fingerprint density at radius 1 is 1.32 bits per heavy atom. The molecule has 0 unspecified atom stereocenters. The van der Waals surface area contributed by atoms with Crippen LogP contribution >= 0.6 is 11.6 Å². The quantitative estimate of drug-likeness (QED) is 0.856. The summed E-state index contributed by atoms with van der Waals surface area (Å²) in [6.45, 7) is 5.07. The maximum atomic E-state index is 12.6. The summed E-state index contributed by atoms with van der Waals surface area (Å²) in [5.74, 6) is 0.0662. The smallest absolute Gasteiger partial charge is 0.416 e. The van der Waals surface area contributed by atoms with Gasteiger partial charge in [-0.15, -0.1) is 0 Å². The molecule has 0 aliphatic heterocycles. The average molecular weight is 378 g/mol. The predicted octanol–water partition coefficient (Wildman–Crippen LogP) is 4.43. The van der Waals surface area contributed by atoms with E-state index >= 15 is 0 Å². The van der Waals surface area contributed by atoms with E-state index < -0.39 is 23.4 Å². The van der Waals surface area contributed by atoms with E-state index in [9.17, 15) is 18.0 Å². The van der Waals surface area contributed by atoms with Crippen molar-refractivity contribution >= 4 is 17.7 Å². The molecule has 0 fully saturated rings. The maximum absolute atomic E-state index is 12.6. The Bertz CT molecular complexity index is 769. The Balaban J connectivity index is 2.08. The second kappa shape index (κ2) is 6.91. The van der Waals surface area contributed by atoms with Crippen molar-refractivity contribution in [3.05, 3.63) is 34.6 Å². The van der Waals surface area contributed by atoms with Gasteiger partial charge in [0, 0.05) is 0 Å². The van der Waals surface area contributed by atoms with Gasteiger partial charge in [-0.2, -0.15) is 18.2 Å². The highest BCUT2D eigenvalue weighted by molar-refractivity contribution is 6.33. The lowest BCUT2D eigenvalue weighted by Gasteiger charge is -2.19. The fraction of sp³-hybridized carbons (Fsp3) is 0.400. The zero-order valence-corrected chi connectivity index (χ0v) is 14.3. The molecule has 1 aromatic heterocycles. The van der Waals surface area contributed by atoms with Crippen molar-refractivity contribution in [1.82, 2.24) is 15.5 Å². The minimum Gasteiger partial charge on any atom is -0.444 e. The molecule has 10 heteroatoms. The summed E-state index contributed by atoms with van der Waals surface area (Å²) >= 11 is 5.86. The third kappa shape index (κ3) is 5.35. The van der Waals surface area contributed by atoms with Gasteiger partial charge in [-0.1, -0.05) is 16.8 Å². The predicted molar refractivity (Wildman–Crippen MR) is 82.8 cm³/mol. The van der Waals surface area contributed by atoms with Crippen LogP contribution in [0.1, 0.15) is 32.2 Å². The summed E-state index contributed by atoms with van der Waals surface area (Å²) in [4.78, 5) is 15.5. The molecule has 136 valence electrons. The van der Waals surface area contributed by atoms with Crippen molar-refractivity contribution in [2.24, 2.45) is 0 Å². The van der Waals surface area contributed by atoms with Gasteiger partial charge in [0.05, 0.1) is 22.7 Å². The van der Waals surface area contributed by atoms with Crippen LogP contribution in [0.3, 0.4) is 0 Å². The number of nitrogens with one attached hydrogen (secondary N) is 1. The zero-order valence-electron chi connectivity index (χ0n) is 13.6. The number of rotatable bonds is 3. The molecule has 0 bridgehead atoms. The number of halogens is 4. The molecular weight excluding hydrogens is 363 g/mol. The lowest BCUT2D eigenvalue weighted by atomic mass is 10.1. The van der Waals surface area contributed by atoms with Gasteiger partial charge >= 0.3 is 12.3 Å². The van der Waals surface area contributed by atoms with Crippen LogP contribution < -0.4 is 5.32 Å². The van der Waals surface area contributed by atoms with Crippen LogP contribution in [0.25, 0.3) is 11.5 Å². The number of aromatic nitrogens is 2. The van der Waals surface area contributed by atoms with Crippen LogP contribution in [-0.4, -0.2) is 21.8 Å². The van der Waals surface area contributed by atoms with Crippen LogP contribution in [0.15, 0.2) is 22.7 Å². The average Bonchev–Trinajstić information content (AvgIpc) is 2.91. The summed E-state index contributed by atoms with van der Waals surface area (Å²) in [6, 6.07) is 2.79. The number of carbonyl (C=O) groups excluding carboxylic acids is 1. The largest absolute Gasteiger partial charge is 0.444 e. The first-order valence-corrected chi connectivity index (χ1v) is 7.50. The number of hydrogen-bond acceptors (Lipinski definition) is 5. The molecule has 0 saturated heterocycles. The van der Waals surface area contributed by atoms with Gasteiger partial charge in [-0.05, 0) is 39.0 Å². The number of benzene rings is 1. The Morgan fingerprint density at radius 3 is 2.56 bits per heavy atom. The number of amides is 1. The molecular formula is C15H15ClF3N3O3. The Morgan fingerprint density at radius 2 is 2.00 bits per heavy atom. The van der Waals surface area contributed by atoms with Gasteiger partial charge in [0.25, 0.3) is 5.89 Å². The lowest BCUT2D eigenvalue weighted by Crippen LogP contribution is -2.32. The van der Waals surface area contributed by atoms with Crippen molar-refractivity contribution in [1.29, 1.82) is 0 Å². The Labute approximate surface area is 146 Å². The van der Waals surface area contributed by atoms with E-state index in [1.807, 2.05) is 0 Å². The van der Waals surface area contributed by atoms with Gasteiger partial charge in [0.15, 0.2) is 5.82 Å². The molecule has 1 N–H and O–H groups in total. The maximum Gasteiger partial charge on any atom is 0.416 e. The van der Waals surface area contributed by atoms with Crippen LogP contribution in [-0.2, 0) is 17.5 Å². The molecule has 0 aliphatic carbocycles. The lowest BCUT2D eigenvalue weighted by molar-refractivity contribution is -0.137. The SMILES string of the molecule is CC(C)(C)OC(=O)NCc1noc(-c2ccc(C(F)(F)F)cc2Cl)n1. The molecule has 25 heavy (non-hydrogen) atoms. The van der Waals surface area contributed by atoms with Crippen molar-refractivity contribution in [2.45, 2.75) is 39.1 Å². The normalized spacial score (nSPS) is 12.1. The first kappa shape index (κ1) is 19.0. The second-order valence-corrected chi connectivity index (χ2v) is 6.47. The number of nitrogens with zero attached hydrogens (tertiary/aromatic N) is 2. The Kier molecular flexibility index (Phi) is 5.26. The highest BCUT2D eigenvalue weighted by Crippen LogP contribution is 2.35. The minimum atomic E-state index is -4.50. The topological polar surface area (TPSA) is 77.2 Å². The van der Waals surface area contributed by atoms with Crippen molar-refractivity contribution in [3.8, 4) is 11.5 Å². The molecule has 0 spiro atoms. The minimum absolute atomic E-state index is 0.0558. The first-order valence-electron chi connectivity index (χ1n) is 7.12. The molecule has 0 aliphatic rings. The number of ether oxygens (including phenoxy) is 1. The van der Waals surface area contributed by atoms with Gasteiger partial charge in [-0.3, -0.25) is 0 Å². The van der Waals surface area contributed by atoms with Crippen molar-refractivity contribution < 1.29 is 27.2 Å². The monoisotopic (exact) mass is 377 g/mol. The molecule has 1 heterocycles. The summed E-state index contributed by atoms with van der Waals surface area (Å²) in [6.07, 6.45) is -5.16. The third-order valence-electron chi connectivity index (χ3n) is 2.78. The standard InChI is InChI=1S/C15H15ClF3N3O3/c1-14(2,3)24-13(23)20-7-11-21-12(25-22-11)9-5-4-8(6-10(9)16)15(17,18)19/h4-6H,7H2,1-3H3,(H,20,23). The van der Waals surface area contributed by atoms with E-state index in [1.54, 1.807) is 20.8 Å². The highest BCUT2D eigenvalue weighted by atomic mass is 35.5. The molecule has 0 atom stereocenters. The summed E-state index contributed by atoms with van der Waals surface area (Å²) < 4.78 is 47.9. The molecule has 2 aromatic rings. The van der Waals surface area contributed by atoms with Gasteiger partial charge < -0.3 is 14.6 Å². The number of alkyl halides is 3. The number of carbonyl (C=O) groups is 1.